The molecule has 29 heavy (non-hydrogen) atoms. The molecule has 150 valence electrons. The number of ether oxygens (including phenoxy) is 2. The minimum Gasteiger partial charge on any atom is -0.486 e. The van der Waals surface area contributed by atoms with E-state index in [-0.39, 0.29) is 18.3 Å². The van der Waals surface area contributed by atoms with Gasteiger partial charge in [-0.3, -0.25) is 4.79 Å². The van der Waals surface area contributed by atoms with Crippen LogP contribution in [0.3, 0.4) is 0 Å². The maximum Gasteiger partial charge on any atom is 0.275 e. The highest BCUT2D eigenvalue weighted by atomic mass is 32.1. The van der Waals surface area contributed by atoms with Gasteiger partial charge in [0.1, 0.15) is 28.9 Å². The van der Waals surface area contributed by atoms with E-state index in [2.05, 4.69) is 15.2 Å². The summed E-state index contributed by atoms with van der Waals surface area (Å²) < 4.78 is 23.9. The molecule has 8 heteroatoms. The maximum atomic E-state index is 12.9. The number of morpholine rings is 1. The molecule has 1 aromatic heterocycles. The first-order valence-corrected chi connectivity index (χ1v) is 10.1. The van der Waals surface area contributed by atoms with E-state index in [0.29, 0.717) is 22.1 Å². The summed E-state index contributed by atoms with van der Waals surface area (Å²) in [6.45, 7) is 3.42. The van der Waals surface area contributed by atoms with Gasteiger partial charge in [-0.25, -0.2) is 9.37 Å². The van der Waals surface area contributed by atoms with E-state index in [1.165, 1.54) is 23.5 Å². The number of hydrogen-bond acceptors (Lipinski definition) is 6. The lowest BCUT2D eigenvalue weighted by Crippen LogP contribution is -2.36. The second-order valence-electron chi connectivity index (χ2n) is 6.47. The Morgan fingerprint density at radius 3 is 2.59 bits per heavy atom. The highest BCUT2D eigenvalue weighted by Gasteiger charge is 2.13. The number of benzene rings is 2. The third-order valence-corrected chi connectivity index (χ3v) is 5.28. The molecule has 1 fully saturated rings. The van der Waals surface area contributed by atoms with E-state index in [4.69, 9.17) is 9.47 Å². The van der Waals surface area contributed by atoms with Crippen molar-refractivity contribution in [2.45, 2.75) is 6.61 Å². The van der Waals surface area contributed by atoms with Crippen LogP contribution in [-0.4, -0.2) is 37.2 Å². The molecular weight excluding hydrogens is 393 g/mol. The Bertz CT molecular complexity index is 954. The number of nitrogens with zero attached hydrogens (tertiary/aromatic N) is 2. The number of amides is 1. The standard InChI is InChI=1S/C21H20FN3O3S/c22-15-1-7-18(8-2-15)28-13-20-24-19(14-29-20)21(26)23-16-3-5-17(6-4-16)25-9-11-27-12-10-25/h1-8,14H,9-13H2,(H,23,26). The molecule has 1 aliphatic rings. The van der Waals surface area contributed by atoms with E-state index in [1.54, 1.807) is 17.5 Å². The van der Waals surface area contributed by atoms with Crippen molar-refractivity contribution in [1.82, 2.24) is 4.98 Å². The third-order valence-electron chi connectivity index (χ3n) is 4.46. The van der Waals surface area contributed by atoms with Crippen LogP contribution in [0.2, 0.25) is 0 Å². The summed E-state index contributed by atoms with van der Waals surface area (Å²) in [4.78, 5) is 19.0. The number of anilines is 2. The van der Waals surface area contributed by atoms with E-state index in [1.807, 2.05) is 24.3 Å². The Hall–Kier alpha value is -2.97. The highest BCUT2D eigenvalue weighted by Crippen LogP contribution is 2.20. The predicted molar refractivity (Wildman–Crippen MR) is 110 cm³/mol. The molecule has 1 N–H and O–H groups in total. The molecule has 0 aliphatic carbocycles. The van der Waals surface area contributed by atoms with Gasteiger partial charge >= 0.3 is 0 Å². The molecule has 1 saturated heterocycles. The van der Waals surface area contributed by atoms with Crippen LogP contribution in [-0.2, 0) is 11.3 Å². The second-order valence-corrected chi connectivity index (χ2v) is 7.41. The fourth-order valence-electron chi connectivity index (χ4n) is 2.93. The number of hydrogen-bond donors (Lipinski definition) is 1. The minimum absolute atomic E-state index is 0.220. The Morgan fingerprint density at radius 2 is 1.86 bits per heavy atom. The molecule has 6 nitrogen and oxygen atoms in total. The summed E-state index contributed by atoms with van der Waals surface area (Å²) in [7, 11) is 0. The topological polar surface area (TPSA) is 63.7 Å². The van der Waals surface area contributed by atoms with E-state index in [0.717, 1.165) is 32.0 Å². The first-order valence-electron chi connectivity index (χ1n) is 9.24. The van der Waals surface area contributed by atoms with Crippen molar-refractivity contribution in [3.8, 4) is 5.75 Å². The summed E-state index contributed by atoms with van der Waals surface area (Å²) in [5.41, 5.74) is 2.16. The van der Waals surface area contributed by atoms with Crippen LogP contribution in [0.4, 0.5) is 15.8 Å². The molecule has 0 saturated carbocycles. The molecule has 1 amide bonds. The maximum absolute atomic E-state index is 12.9. The van der Waals surface area contributed by atoms with Gasteiger partial charge in [0, 0.05) is 29.8 Å². The monoisotopic (exact) mass is 413 g/mol. The Balaban J connectivity index is 1.32. The van der Waals surface area contributed by atoms with Crippen molar-refractivity contribution < 1.29 is 18.7 Å². The fourth-order valence-corrected chi connectivity index (χ4v) is 3.62. The second kappa shape index (κ2) is 9.02. The van der Waals surface area contributed by atoms with Gasteiger partial charge in [-0.1, -0.05) is 0 Å². The summed E-state index contributed by atoms with van der Waals surface area (Å²) in [5.74, 6) is -0.0371. The van der Waals surface area contributed by atoms with Crippen molar-refractivity contribution >= 4 is 28.6 Å². The predicted octanol–water partition coefficient (Wildman–Crippen LogP) is 3.95. The molecule has 3 aromatic rings. The Kier molecular flexibility index (Phi) is 6.02. The van der Waals surface area contributed by atoms with E-state index >= 15 is 0 Å². The van der Waals surface area contributed by atoms with Gasteiger partial charge in [-0.15, -0.1) is 11.3 Å². The van der Waals surface area contributed by atoms with Gasteiger partial charge < -0.3 is 19.7 Å². The van der Waals surface area contributed by atoms with Gasteiger partial charge in [0.15, 0.2) is 0 Å². The van der Waals surface area contributed by atoms with Gasteiger partial charge in [0.05, 0.1) is 13.2 Å². The molecule has 0 radical (unpaired) electrons. The zero-order valence-electron chi connectivity index (χ0n) is 15.6. The zero-order chi connectivity index (χ0) is 20.1. The number of halogens is 1. The number of nitrogens with one attached hydrogen (secondary N) is 1. The van der Waals surface area contributed by atoms with Gasteiger partial charge in [0.2, 0.25) is 0 Å². The van der Waals surface area contributed by atoms with Crippen molar-refractivity contribution in [2.75, 3.05) is 36.5 Å². The van der Waals surface area contributed by atoms with Crippen LogP contribution < -0.4 is 15.0 Å². The molecule has 0 atom stereocenters. The molecule has 0 bridgehead atoms. The molecule has 1 aliphatic heterocycles. The minimum atomic E-state index is -0.316. The van der Waals surface area contributed by atoms with Crippen LogP contribution in [0, 0.1) is 5.82 Å². The average Bonchev–Trinajstić information content (AvgIpc) is 3.24. The lowest BCUT2D eigenvalue weighted by atomic mass is 10.2. The van der Waals surface area contributed by atoms with Gasteiger partial charge in [0.25, 0.3) is 5.91 Å². The number of rotatable bonds is 6. The smallest absolute Gasteiger partial charge is 0.275 e. The molecule has 2 aromatic carbocycles. The lowest BCUT2D eigenvalue weighted by molar-refractivity contribution is 0.102. The van der Waals surface area contributed by atoms with Crippen LogP contribution in [0.1, 0.15) is 15.5 Å². The number of carbonyl (C=O) groups excluding carboxylic acids is 1. The van der Waals surface area contributed by atoms with Crippen molar-refractivity contribution in [2.24, 2.45) is 0 Å². The first-order chi connectivity index (χ1) is 14.2. The first kappa shape index (κ1) is 19.4. The molecule has 2 heterocycles. The van der Waals surface area contributed by atoms with Crippen LogP contribution >= 0.6 is 11.3 Å². The van der Waals surface area contributed by atoms with Gasteiger partial charge in [-0.2, -0.15) is 0 Å². The van der Waals surface area contributed by atoms with Crippen LogP contribution in [0.25, 0.3) is 0 Å². The van der Waals surface area contributed by atoms with E-state index < -0.39 is 0 Å². The summed E-state index contributed by atoms with van der Waals surface area (Å²) in [6, 6.07) is 13.5. The molecule has 4 rings (SSSR count). The average molecular weight is 413 g/mol. The fraction of sp³-hybridized carbons (Fsp3) is 0.238. The molecule has 0 unspecified atom stereocenters. The molecular formula is C21H20FN3O3S. The lowest BCUT2D eigenvalue weighted by Gasteiger charge is -2.28. The van der Waals surface area contributed by atoms with Crippen molar-refractivity contribution in [1.29, 1.82) is 0 Å². The number of carbonyl (C=O) groups is 1. The normalized spacial score (nSPS) is 13.9. The van der Waals surface area contributed by atoms with E-state index in [9.17, 15) is 9.18 Å². The Morgan fingerprint density at radius 1 is 1.14 bits per heavy atom. The Labute approximate surface area is 171 Å². The van der Waals surface area contributed by atoms with Crippen molar-refractivity contribution in [3.05, 3.63) is 70.4 Å². The quantitative estimate of drug-likeness (QED) is 0.663. The number of aromatic nitrogens is 1. The zero-order valence-corrected chi connectivity index (χ0v) is 16.5. The number of thiazole rings is 1. The van der Waals surface area contributed by atoms with Crippen LogP contribution in [0.15, 0.2) is 53.9 Å². The molecule has 0 spiro atoms. The summed E-state index contributed by atoms with van der Waals surface area (Å²) in [5, 5.41) is 5.23. The van der Waals surface area contributed by atoms with Gasteiger partial charge in [-0.05, 0) is 48.5 Å². The van der Waals surface area contributed by atoms with Crippen LogP contribution in [0.5, 0.6) is 5.75 Å². The SMILES string of the molecule is O=C(Nc1ccc(N2CCOCC2)cc1)c1csc(COc2ccc(F)cc2)n1. The summed E-state index contributed by atoms with van der Waals surface area (Å²) in [6.07, 6.45) is 0. The van der Waals surface area contributed by atoms with Crippen molar-refractivity contribution in [3.63, 3.8) is 0 Å². The largest absolute Gasteiger partial charge is 0.486 e. The highest BCUT2D eigenvalue weighted by molar-refractivity contribution is 7.09. The third kappa shape index (κ3) is 5.10. The summed E-state index contributed by atoms with van der Waals surface area (Å²) >= 11 is 1.34.